The van der Waals surface area contributed by atoms with Gasteiger partial charge < -0.3 is 0 Å². The van der Waals surface area contributed by atoms with Crippen LogP contribution in [0.15, 0.2) is 41.9 Å². The van der Waals surface area contributed by atoms with Crippen molar-refractivity contribution in [3.05, 3.63) is 48.3 Å². The van der Waals surface area contributed by atoms with Gasteiger partial charge in [-0.15, -0.1) is 0 Å². The van der Waals surface area contributed by atoms with Crippen LogP contribution in [-0.2, 0) is 0 Å². The van der Waals surface area contributed by atoms with Crippen LogP contribution >= 0.6 is 0 Å². The van der Waals surface area contributed by atoms with Crippen molar-refractivity contribution in [1.29, 1.82) is 0 Å². The van der Waals surface area contributed by atoms with Crippen LogP contribution in [0, 0.1) is 0 Å². The molecule has 0 saturated heterocycles. The summed E-state index contributed by atoms with van der Waals surface area (Å²) in [6.45, 7) is 7.22. The fourth-order valence-corrected chi connectivity index (χ4v) is 1.40. The molecule has 0 aliphatic heterocycles. The van der Waals surface area contributed by atoms with E-state index in [0.717, 1.165) is 5.69 Å². The van der Waals surface area contributed by atoms with Gasteiger partial charge in [0.15, 0.2) is 0 Å². The first-order valence-corrected chi connectivity index (χ1v) is 5.36. The molecule has 0 bridgehead atoms. The number of allylic oxidation sites excluding steroid dienone is 3. The average molecular weight is 233 g/mol. The van der Waals surface area contributed by atoms with Gasteiger partial charge in [-0.3, -0.25) is 15.0 Å². The first-order chi connectivity index (χ1) is 8.06. The van der Waals surface area contributed by atoms with E-state index in [9.17, 15) is 4.39 Å². The minimum atomic E-state index is -0.513. The predicted molar refractivity (Wildman–Crippen MR) is 68.0 cm³/mol. The van der Waals surface area contributed by atoms with Crippen molar-refractivity contribution in [2.45, 2.75) is 19.8 Å². The highest BCUT2D eigenvalue weighted by atomic mass is 19.1. The topological polar surface area (TPSA) is 38.1 Å². The molecular weight excluding hydrogens is 217 g/mol. The fourth-order valence-electron chi connectivity index (χ4n) is 1.40. The molecule has 1 aromatic rings. The summed E-state index contributed by atoms with van der Waals surface area (Å²) in [6.07, 6.45) is 6.06. The monoisotopic (exact) mass is 233 g/mol. The summed E-state index contributed by atoms with van der Waals surface area (Å²) in [5, 5.41) is 0. The van der Waals surface area contributed by atoms with E-state index in [0.29, 0.717) is 11.4 Å². The summed E-state index contributed by atoms with van der Waals surface area (Å²) in [4.78, 5) is 12.6. The van der Waals surface area contributed by atoms with E-state index >= 15 is 0 Å². The van der Waals surface area contributed by atoms with Crippen LogP contribution in [0.4, 0.5) is 4.39 Å². The Hall–Kier alpha value is -1.84. The lowest BCUT2D eigenvalue weighted by molar-refractivity contribution is 0.671. The zero-order valence-electron chi connectivity index (χ0n) is 10.3. The van der Waals surface area contributed by atoms with E-state index in [1.54, 1.807) is 25.5 Å². The fraction of sp³-hybridized carbons (Fsp3) is 0.308. The summed E-state index contributed by atoms with van der Waals surface area (Å²) in [5.41, 5.74) is 2.13. The lowest BCUT2D eigenvalue weighted by atomic mass is 10.0. The number of aliphatic imine (C=N–C) groups is 1. The summed E-state index contributed by atoms with van der Waals surface area (Å²) in [5.74, 6) is -0.279. The molecule has 0 atom stereocenters. The van der Waals surface area contributed by atoms with Gasteiger partial charge in [0.1, 0.15) is 11.5 Å². The second-order valence-corrected chi connectivity index (χ2v) is 3.83. The zero-order valence-corrected chi connectivity index (χ0v) is 10.3. The molecule has 1 rings (SSSR count). The van der Waals surface area contributed by atoms with Gasteiger partial charge >= 0.3 is 0 Å². The van der Waals surface area contributed by atoms with Gasteiger partial charge in [0.05, 0.1) is 11.4 Å². The summed E-state index contributed by atoms with van der Waals surface area (Å²) >= 11 is 0. The molecule has 0 fully saturated rings. The smallest absolute Gasteiger partial charge is 0.116 e. The van der Waals surface area contributed by atoms with Gasteiger partial charge in [-0.05, 0) is 18.1 Å². The molecule has 1 heterocycles. The molecule has 0 aromatic carbocycles. The molecule has 0 aliphatic carbocycles. The third-order valence-electron chi connectivity index (χ3n) is 2.18. The minimum absolute atomic E-state index is 0.234. The quantitative estimate of drug-likeness (QED) is 0.592. The molecule has 0 radical (unpaired) electrons. The maximum Gasteiger partial charge on any atom is 0.116 e. The Kier molecular flexibility index (Phi) is 4.69. The Bertz CT molecular complexity index is 461. The highest BCUT2D eigenvalue weighted by molar-refractivity contribution is 6.08. The van der Waals surface area contributed by atoms with E-state index in [1.165, 1.54) is 6.08 Å². The normalized spacial score (nSPS) is 12.4. The van der Waals surface area contributed by atoms with Crippen molar-refractivity contribution in [3.8, 4) is 0 Å². The number of nitrogens with zero attached hydrogens (tertiary/aromatic N) is 3. The Balaban J connectivity index is 3.17. The Morgan fingerprint density at radius 1 is 1.35 bits per heavy atom. The molecule has 0 amide bonds. The Morgan fingerprint density at radius 3 is 2.53 bits per heavy atom. The second-order valence-electron chi connectivity index (χ2n) is 3.83. The van der Waals surface area contributed by atoms with E-state index < -0.39 is 5.83 Å². The number of halogens is 1. The largest absolute Gasteiger partial charge is 0.286 e. The average Bonchev–Trinajstić information content (AvgIpc) is 2.30. The van der Waals surface area contributed by atoms with Crippen molar-refractivity contribution < 1.29 is 4.39 Å². The third kappa shape index (κ3) is 3.59. The highest BCUT2D eigenvalue weighted by Crippen LogP contribution is 2.15. The SMILES string of the molecule is C=C(F)/C=C\C(=NC)c1nccnc1C(C)C. The van der Waals surface area contributed by atoms with Crippen LogP contribution < -0.4 is 0 Å². The maximum atomic E-state index is 12.6. The van der Waals surface area contributed by atoms with Gasteiger partial charge in [0.25, 0.3) is 0 Å². The van der Waals surface area contributed by atoms with Crippen molar-refractivity contribution in [2.75, 3.05) is 7.05 Å². The van der Waals surface area contributed by atoms with Gasteiger partial charge in [-0.2, -0.15) is 0 Å². The molecule has 0 aliphatic rings. The van der Waals surface area contributed by atoms with Crippen LogP contribution in [0.2, 0.25) is 0 Å². The van der Waals surface area contributed by atoms with E-state index in [4.69, 9.17) is 0 Å². The van der Waals surface area contributed by atoms with Crippen LogP contribution in [0.1, 0.15) is 31.2 Å². The van der Waals surface area contributed by atoms with E-state index in [-0.39, 0.29) is 5.92 Å². The van der Waals surface area contributed by atoms with Gasteiger partial charge in [0.2, 0.25) is 0 Å². The van der Waals surface area contributed by atoms with E-state index in [1.807, 2.05) is 13.8 Å². The van der Waals surface area contributed by atoms with Gasteiger partial charge in [0, 0.05) is 19.4 Å². The zero-order chi connectivity index (χ0) is 12.8. The predicted octanol–water partition coefficient (Wildman–Crippen LogP) is 3.06. The molecule has 4 heteroatoms. The standard InChI is InChI=1S/C13H16FN3/c1-9(2)12-13(17-8-7-16-12)11(15-4)6-5-10(3)14/h5-9H,3H2,1-2,4H3/b6-5-,15-11?. The summed E-state index contributed by atoms with van der Waals surface area (Å²) in [6, 6.07) is 0. The number of hydrogen-bond donors (Lipinski definition) is 0. The van der Waals surface area contributed by atoms with E-state index in [2.05, 4.69) is 21.5 Å². The number of hydrogen-bond acceptors (Lipinski definition) is 3. The molecule has 17 heavy (non-hydrogen) atoms. The van der Waals surface area contributed by atoms with Crippen molar-refractivity contribution >= 4 is 5.71 Å². The maximum absolute atomic E-state index is 12.6. The Morgan fingerprint density at radius 2 is 2.00 bits per heavy atom. The Labute approximate surface area is 101 Å². The summed E-state index contributed by atoms with van der Waals surface area (Å²) in [7, 11) is 1.64. The van der Waals surface area contributed by atoms with Gasteiger partial charge in [-0.1, -0.05) is 20.4 Å². The molecule has 0 saturated carbocycles. The lowest BCUT2D eigenvalue weighted by Crippen LogP contribution is -2.08. The molecular formula is C13H16FN3. The van der Waals surface area contributed by atoms with Crippen LogP contribution in [0.5, 0.6) is 0 Å². The lowest BCUT2D eigenvalue weighted by Gasteiger charge is -2.09. The van der Waals surface area contributed by atoms with Crippen LogP contribution in [-0.4, -0.2) is 22.7 Å². The number of rotatable bonds is 4. The molecule has 0 spiro atoms. The van der Waals surface area contributed by atoms with Crippen LogP contribution in [0.25, 0.3) is 0 Å². The first kappa shape index (κ1) is 13.2. The summed E-state index contributed by atoms with van der Waals surface area (Å²) < 4.78 is 12.6. The molecule has 0 unspecified atom stereocenters. The van der Waals surface area contributed by atoms with Crippen LogP contribution in [0.3, 0.4) is 0 Å². The van der Waals surface area contributed by atoms with Crippen molar-refractivity contribution in [2.24, 2.45) is 4.99 Å². The molecule has 0 N–H and O–H groups in total. The third-order valence-corrected chi connectivity index (χ3v) is 2.18. The van der Waals surface area contributed by atoms with Crippen molar-refractivity contribution in [3.63, 3.8) is 0 Å². The highest BCUT2D eigenvalue weighted by Gasteiger charge is 2.12. The molecule has 1 aromatic heterocycles. The number of aromatic nitrogens is 2. The first-order valence-electron chi connectivity index (χ1n) is 5.36. The minimum Gasteiger partial charge on any atom is -0.286 e. The second kappa shape index (κ2) is 6.03. The molecule has 90 valence electrons. The molecule has 3 nitrogen and oxygen atoms in total. The van der Waals surface area contributed by atoms with Gasteiger partial charge in [-0.25, -0.2) is 4.39 Å². The van der Waals surface area contributed by atoms with Crippen molar-refractivity contribution in [1.82, 2.24) is 9.97 Å².